The summed E-state index contributed by atoms with van der Waals surface area (Å²) in [6.07, 6.45) is 1.64. The van der Waals surface area contributed by atoms with Crippen molar-refractivity contribution in [1.82, 2.24) is 4.31 Å². The van der Waals surface area contributed by atoms with Gasteiger partial charge in [-0.05, 0) is 30.7 Å². The predicted octanol–water partition coefficient (Wildman–Crippen LogP) is 3.45. The molecule has 4 rings (SSSR count). The third kappa shape index (κ3) is 1.97. The molecule has 0 amide bonds. The number of benzene rings is 2. The lowest BCUT2D eigenvalue weighted by molar-refractivity contribution is 0.431. The van der Waals surface area contributed by atoms with Crippen molar-refractivity contribution < 1.29 is 12.8 Å². The average molecular weight is 313 g/mol. The molecular weight excluding hydrogens is 298 g/mol. The van der Waals surface area contributed by atoms with Gasteiger partial charge in [0, 0.05) is 24.0 Å². The molecule has 0 aliphatic carbocycles. The van der Waals surface area contributed by atoms with Crippen LogP contribution in [0.25, 0.3) is 11.0 Å². The van der Waals surface area contributed by atoms with Crippen LogP contribution in [0.4, 0.5) is 0 Å². The lowest BCUT2D eigenvalue weighted by Crippen LogP contribution is -2.25. The molecule has 0 bridgehead atoms. The Morgan fingerprint density at radius 1 is 1.00 bits per heavy atom. The molecule has 0 fully saturated rings. The highest BCUT2D eigenvalue weighted by molar-refractivity contribution is 7.89. The molecule has 0 saturated heterocycles. The van der Waals surface area contributed by atoms with Gasteiger partial charge in [-0.15, -0.1) is 0 Å². The standard InChI is InChI=1S/C17H15NO3S/c1-12-2-6-15(7-3-12)22(19,20)18-10-14-5-4-13-8-9-21-17(13)16(14)11-18/h2-9H,10-11H2,1H3. The minimum absolute atomic E-state index is 0.335. The summed E-state index contributed by atoms with van der Waals surface area (Å²) in [5.74, 6) is 0. The van der Waals surface area contributed by atoms with Crippen molar-refractivity contribution in [3.63, 3.8) is 0 Å². The normalized spacial score (nSPS) is 15.3. The van der Waals surface area contributed by atoms with Crippen LogP contribution >= 0.6 is 0 Å². The van der Waals surface area contributed by atoms with E-state index < -0.39 is 10.0 Å². The van der Waals surface area contributed by atoms with Crippen molar-refractivity contribution in [2.75, 3.05) is 0 Å². The fourth-order valence-corrected chi connectivity index (χ4v) is 4.29. The number of aryl methyl sites for hydroxylation is 1. The summed E-state index contributed by atoms with van der Waals surface area (Å²) in [6.45, 7) is 2.69. The zero-order valence-corrected chi connectivity index (χ0v) is 12.9. The monoisotopic (exact) mass is 313 g/mol. The second-order valence-corrected chi connectivity index (χ2v) is 7.57. The van der Waals surface area contributed by atoms with Gasteiger partial charge in [0.25, 0.3) is 0 Å². The molecule has 2 aromatic carbocycles. The molecule has 0 atom stereocenters. The second-order valence-electron chi connectivity index (χ2n) is 5.63. The lowest BCUT2D eigenvalue weighted by atomic mass is 10.1. The first kappa shape index (κ1) is 13.5. The summed E-state index contributed by atoms with van der Waals surface area (Å²) < 4.78 is 32.6. The minimum Gasteiger partial charge on any atom is -0.464 e. The first-order chi connectivity index (χ1) is 10.6. The Kier molecular flexibility index (Phi) is 2.89. The fourth-order valence-electron chi connectivity index (χ4n) is 2.91. The summed E-state index contributed by atoms with van der Waals surface area (Å²) in [7, 11) is -3.48. The van der Waals surface area contributed by atoms with Gasteiger partial charge in [-0.2, -0.15) is 4.31 Å². The van der Waals surface area contributed by atoms with E-state index in [9.17, 15) is 8.42 Å². The molecule has 1 aromatic heterocycles. The van der Waals surface area contributed by atoms with Crippen LogP contribution in [0.1, 0.15) is 16.7 Å². The van der Waals surface area contributed by atoms with Gasteiger partial charge in [0.2, 0.25) is 10.0 Å². The van der Waals surface area contributed by atoms with Gasteiger partial charge in [-0.3, -0.25) is 0 Å². The predicted molar refractivity (Wildman–Crippen MR) is 83.8 cm³/mol. The van der Waals surface area contributed by atoms with Crippen LogP contribution in [0.5, 0.6) is 0 Å². The van der Waals surface area contributed by atoms with Crippen LogP contribution in [0, 0.1) is 6.92 Å². The van der Waals surface area contributed by atoms with E-state index in [0.29, 0.717) is 18.0 Å². The Labute approximate surface area is 129 Å². The van der Waals surface area contributed by atoms with Crippen LogP contribution in [-0.2, 0) is 23.1 Å². The zero-order valence-electron chi connectivity index (χ0n) is 12.1. The van der Waals surface area contributed by atoms with Crippen molar-refractivity contribution in [1.29, 1.82) is 0 Å². The van der Waals surface area contributed by atoms with E-state index in [0.717, 1.165) is 27.7 Å². The number of nitrogens with zero attached hydrogens (tertiary/aromatic N) is 1. The van der Waals surface area contributed by atoms with Crippen LogP contribution in [0.2, 0.25) is 0 Å². The topological polar surface area (TPSA) is 50.5 Å². The molecule has 0 N–H and O–H groups in total. The Morgan fingerprint density at radius 3 is 2.55 bits per heavy atom. The van der Waals surface area contributed by atoms with Gasteiger partial charge in [0.1, 0.15) is 5.58 Å². The third-order valence-electron chi connectivity index (χ3n) is 4.16. The Balaban J connectivity index is 1.74. The van der Waals surface area contributed by atoms with Crippen molar-refractivity contribution >= 4 is 21.0 Å². The summed E-state index contributed by atoms with van der Waals surface area (Å²) in [4.78, 5) is 0.335. The molecular formula is C17H15NO3S. The van der Waals surface area contributed by atoms with E-state index in [1.165, 1.54) is 4.31 Å². The largest absolute Gasteiger partial charge is 0.464 e. The lowest BCUT2D eigenvalue weighted by Gasteiger charge is -2.15. The summed E-state index contributed by atoms with van der Waals surface area (Å²) in [6, 6.07) is 12.8. The molecule has 3 aromatic rings. The Bertz CT molecular complexity index is 955. The molecule has 1 aliphatic rings. The van der Waals surface area contributed by atoms with E-state index in [2.05, 4.69) is 0 Å². The Morgan fingerprint density at radius 2 is 1.77 bits per heavy atom. The highest BCUT2D eigenvalue weighted by Gasteiger charge is 2.32. The molecule has 0 radical (unpaired) electrons. The molecule has 112 valence electrons. The van der Waals surface area contributed by atoms with Crippen LogP contribution < -0.4 is 0 Å². The number of rotatable bonds is 2. The summed E-state index contributed by atoms with van der Waals surface area (Å²) >= 11 is 0. The van der Waals surface area contributed by atoms with Gasteiger partial charge >= 0.3 is 0 Å². The van der Waals surface area contributed by atoms with Crippen molar-refractivity contribution in [2.45, 2.75) is 24.9 Å². The van der Waals surface area contributed by atoms with Gasteiger partial charge in [0.05, 0.1) is 11.2 Å². The molecule has 5 heteroatoms. The van der Waals surface area contributed by atoms with E-state index in [4.69, 9.17) is 4.42 Å². The summed E-state index contributed by atoms with van der Waals surface area (Å²) in [5.41, 5.74) is 3.82. The maximum Gasteiger partial charge on any atom is 0.243 e. The van der Waals surface area contributed by atoms with Crippen molar-refractivity contribution in [2.24, 2.45) is 0 Å². The highest BCUT2D eigenvalue weighted by Crippen LogP contribution is 2.33. The average Bonchev–Trinajstić information content (AvgIpc) is 3.13. The number of hydrogen-bond acceptors (Lipinski definition) is 3. The number of furan rings is 1. The van der Waals surface area contributed by atoms with E-state index in [1.807, 2.05) is 37.3 Å². The molecule has 0 unspecified atom stereocenters. The summed E-state index contributed by atoms with van der Waals surface area (Å²) in [5, 5.41) is 1.01. The Hall–Kier alpha value is -2.11. The van der Waals surface area contributed by atoms with Crippen LogP contribution in [0.15, 0.2) is 58.0 Å². The van der Waals surface area contributed by atoms with Crippen molar-refractivity contribution in [3.05, 3.63) is 65.4 Å². The van der Waals surface area contributed by atoms with Gasteiger partial charge in [-0.25, -0.2) is 8.42 Å². The first-order valence-electron chi connectivity index (χ1n) is 7.10. The van der Waals surface area contributed by atoms with Crippen LogP contribution in [0.3, 0.4) is 0 Å². The number of fused-ring (bicyclic) bond motifs is 3. The van der Waals surface area contributed by atoms with E-state index >= 15 is 0 Å². The molecule has 2 heterocycles. The van der Waals surface area contributed by atoms with Gasteiger partial charge < -0.3 is 4.42 Å². The number of sulfonamides is 1. The molecule has 0 saturated carbocycles. The van der Waals surface area contributed by atoms with Gasteiger partial charge in [0.15, 0.2) is 0 Å². The maximum absolute atomic E-state index is 12.8. The molecule has 4 nitrogen and oxygen atoms in total. The van der Waals surface area contributed by atoms with E-state index in [1.54, 1.807) is 18.4 Å². The molecule has 22 heavy (non-hydrogen) atoms. The minimum atomic E-state index is -3.48. The van der Waals surface area contributed by atoms with Crippen LogP contribution in [-0.4, -0.2) is 12.7 Å². The molecule has 1 aliphatic heterocycles. The fraction of sp³-hybridized carbons (Fsp3) is 0.176. The quantitative estimate of drug-likeness (QED) is 0.728. The van der Waals surface area contributed by atoms with Crippen molar-refractivity contribution in [3.8, 4) is 0 Å². The first-order valence-corrected chi connectivity index (χ1v) is 8.54. The smallest absolute Gasteiger partial charge is 0.243 e. The zero-order chi connectivity index (χ0) is 15.3. The SMILES string of the molecule is Cc1ccc(S(=O)(=O)N2Cc3ccc4ccoc4c3C2)cc1. The number of hydrogen-bond donors (Lipinski definition) is 0. The molecule has 0 spiro atoms. The highest BCUT2D eigenvalue weighted by atomic mass is 32.2. The second kappa shape index (κ2) is 4.69. The maximum atomic E-state index is 12.8. The van der Waals surface area contributed by atoms with E-state index in [-0.39, 0.29) is 0 Å². The van der Waals surface area contributed by atoms with Gasteiger partial charge in [-0.1, -0.05) is 29.8 Å². The third-order valence-corrected chi connectivity index (χ3v) is 5.97.